The van der Waals surface area contributed by atoms with Crippen LogP contribution in [0, 0.1) is 3.57 Å². The fourth-order valence-corrected chi connectivity index (χ4v) is 3.25. The summed E-state index contributed by atoms with van der Waals surface area (Å²) in [7, 11) is 0. The smallest absolute Gasteiger partial charge is 0.256 e. The van der Waals surface area contributed by atoms with Gasteiger partial charge in [-0.15, -0.1) is 0 Å². The number of amides is 1. The van der Waals surface area contributed by atoms with Gasteiger partial charge in [0.2, 0.25) is 0 Å². The molecule has 0 saturated heterocycles. The average Bonchev–Trinajstić information content (AvgIpc) is 2.91. The van der Waals surface area contributed by atoms with E-state index in [2.05, 4.69) is 27.9 Å². The van der Waals surface area contributed by atoms with E-state index in [1.165, 1.54) is 0 Å². The van der Waals surface area contributed by atoms with Crippen LogP contribution in [0.1, 0.15) is 11.1 Å². The normalized spacial score (nSPS) is 14.3. The molecule has 0 aliphatic carbocycles. The Morgan fingerprint density at radius 1 is 0.880 bits per heavy atom. The molecular weight excluding hydrogens is 425 g/mol. The molecule has 3 nitrogen and oxygen atoms in total. The number of para-hydroxylation sites is 1. The number of hydrogen-bond acceptors (Lipinski definition) is 2. The lowest BCUT2D eigenvalue weighted by molar-refractivity contribution is -0.110. The number of ether oxygens (including phenoxy) is 1. The second kappa shape index (κ2) is 6.72. The highest BCUT2D eigenvalue weighted by atomic mass is 127. The molecule has 0 radical (unpaired) electrons. The van der Waals surface area contributed by atoms with Crippen LogP contribution < -0.4 is 10.1 Å². The van der Waals surface area contributed by atoms with Gasteiger partial charge in [0.15, 0.2) is 0 Å². The number of carbonyl (C=O) groups is 1. The minimum absolute atomic E-state index is 0.0774. The topological polar surface area (TPSA) is 38.3 Å². The summed E-state index contributed by atoms with van der Waals surface area (Å²) in [6.07, 6.45) is 1.90. The number of anilines is 1. The molecule has 0 fully saturated rings. The maximum absolute atomic E-state index is 12.3. The Morgan fingerprint density at radius 3 is 2.52 bits per heavy atom. The molecule has 0 saturated carbocycles. The Labute approximate surface area is 159 Å². The summed E-state index contributed by atoms with van der Waals surface area (Å²) in [5.41, 5.74) is 3.38. The van der Waals surface area contributed by atoms with Crippen molar-refractivity contribution in [3.8, 4) is 11.5 Å². The van der Waals surface area contributed by atoms with Gasteiger partial charge in [0.1, 0.15) is 11.5 Å². The van der Waals surface area contributed by atoms with Crippen molar-refractivity contribution in [3.63, 3.8) is 0 Å². The van der Waals surface area contributed by atoms with Crippen molar-refractivity contribution in [1.82, 2.24) is 0 Å². The number of halogens is 1. The van der Waals surface area contributed by atoms with Crippen molar-refractivity contribution in [2.75, 3.05) is 5.32 Å². The molecule has 0 spiro atoms. The molecule has 1 aliphatic heterocycles. The highest BCUT2D eigenvalue weighted by Gasteiger charge is 2.24. The van der Waals surface area contributed by atoms with E-state index in [0.717, 1.165) is 31.9 Å². The van der Waals surface area contributed by atoms with E-state index in [1.54, 1.807) is 0 Å². The van der Waals surface area contributed by atoms with Crippen LogP contribution in [0.5, 0.6) is 11.5 Å². The molecule has 1 aliphatic rings. The molecule has 3 aromatic carbocycles. The summed E-state index contributed by atoms with van der Waals surface area (Å²) in [6, 6.07) is 23.3. The molecule has 1 amide bonds. The van der Waals surface area contributed by atoms with E-state index in [0.29, 0.717) is 5.57 Å². The quantitative estimate of drug-likeness (QED) is 0.428. The van der Waals surface area contributed by atoms with Gasteiger partial charge in [-0.1, -0.05) is 30.3 Å². The fourth-order valence-electron chi connectivity index (χ4n) is 2.76. The lowest BCUT2D eigenvalue weighted by Gasteiger charge is -2.06. The zero-order valence-corrected chi connectivity index (χ0v) is 15.4. The molecule has 1 N–H and O–H groups in total. The van der Waals surface area contributed by atoms with Gasteiger partial charge >= 0.3 is 0 Å². The van der Waals surface area contributed by atoms with Crippen LogP contribution in [-0.2, 0) is 4.79 Å². The zero-order valence-electron chi connectivity index (χ0n) is 13.2. The van der Waals surface area contributed by atoms with Crippen LogP contribution in [0.25, 0.3) is 11.6 Å². The Balaban J connectivity index is 1.67. The summed E-state index contributed by atoms with van der Waals surface area (Å²) in [5, 5.41) is 2.91. The minimum atomic E-state index is -0.0774. The Morgan fingerprint density at radius 2 is 1.68 bits per heavy atom. The van der Waals surface area contributed by atoms with Crippen LogP contribution in [0.15, 0.2) is 72.8 Å². The van der Waals surface area contributed by atoms with Gasteiger partial charge in [-0.3, -0.25) is 4.79 Å². The molecule has 122 valence electrons. The SMILES string of the molecule is O=C1Nc2ccc(I)cc2C1=Cc1cccc(Oc2ccccc2)c1. The molecule has 4 heteroatoms. The van der Waals surface area contributed by atoms with E-state index in [4.69, 9.17) is 4.74 Å². The van der Waals surface area contributed by atoms with Gasteiger partial charge in [0.05, 0.1) is 0 Å². The molecule has 4 rings (SSSR count). The van der Waals surface area contributed by atoms with Crippen LogP contribution >= 0.6 is 22.6 Å². The molecule has 0 aromatic heterocycles. The van der Waals surface area contributed by atoms with Crippen molar-refractivity contribution in [1.29, 1.82) is 0 Å². The molecule has 1 heterocycles. The minimum Gasteiger partial charge on any atom is -0.457 e. The molecular formula is C21H14INO2. The molecule has 0 unspecified atom stereocenters. The van der Waals surface area contributed by atoms with Crippen molar-refractivity contribution in [2.24, 2.45) is 0 Å². The highest BCUT2D eigenvalue weighted by molar-refractivity contribution is 14.1. The van der Waals surface area contributed by atoms with E-state index in [1.807, 2.05) is 78.9 Å². The monoisotopic (exact) mass is 439 g/mol. The van der Waals surface area contributed by atoms with Gasteiger partial charge in [-0.25, -0.2) is 0 Å². The number of fused-ring (bicyclic) bond motifs is 1. The largest absolute Gasteiger partial charge is 0.457 e. The van der Waals surface area contributed by atoms with Crippen LogP contribution in [0.4, 0.5) is 5.69 Å². The number of rotatable bonds is 3. The van der Waals surface area contributed by atoms with Gasteiger partial charge in [0, 0.05) is 20.4 Å². The van der Waals surface area contributed by atoms with Gasteiger partial charge in [-0.2, -0.15) is 0 Å². The van der Waals surface area contributed by atoms with E-state index in [9.17, 15) is 4.79 Å². The first kappa shape index (κ1) is 15.9. The number of carbonyl (C=O) groups excluding carboxylic acids is 1. The van der Waals surface area contributed by atoms with Crippen molar-refractivity contribution in [2.45, 2.75) is 0 Å². The third kappa shape index (κ3) is 3.44. The number of benzene rings is 3. The Bertz CT molecular complexity index is 980. The molecule has 0 bridgehead atoms. The molecule has 3 aromatic rings. The predicted molar refractivity (Wildman–Crippen MR) is 109 cm³/mol. The van der Waals surface area contributed by atoms with Gasteiger partial charge < -0.3 is 10.1 Å². The maximum atomic E-state index is 12.3. The van der Waals surface area contributed by atoms with Crippen LogP contribution in [0.2, 0.25) is 0 Å². The van der Waals surface area contributed by atoms with E-state index < -0.39 is 0 Å². The van der Waals surface area contributed by atoms with Crippen LogP contribution in [-0.4, -0.2) is 5.91 Å². The third-order valence-electron chi connectivity index (χ3n) is 3.91. The fraction of sp³-hybridized carbons (Fsp3) is 0. The standard InChI is InChI=1S/C21H14INO2/c22-15-9-10-20-18(13-15)19(21(24)23-20)12-14-5-4-8-17(11-14)25-16-6-2-1-3-7-16/h1-13H,(H,23,24). The third-order valence-corrected chi connectivity index (χ3v) is 4.58. The van der Waals surface area contributed by atoms with E-state index in [-0.39, 0.29) is 5.91 Å². The van der Waals surface area contributed by atoms with Gasteiger partial charge in [0.25, 0.3) is 5.91 Å². The molecule has 0 atom stereocenters. The van der Waals surface area contributed by atoms with E-state index >= 15 is 0 Å². The second-order valence-electron chi connectivity index (χ2n) is 5.69. The number of hydrogen-bond donors (Lipinski definition) is 1. The maximum Gasteiger partial charge on any atom is 0.256 e. The predicted octanol–water partition coefficient (Wildman–Crippen LogP) is 5.58. The number of nitrogens with one attached hydrogen (secondary N) is 1. The summed E-state index contributed by atoms with van der Waals surface area (Å²) in [4.78, 5) is 12.3. The van der Waals surface area contributed by atoms with Gasteiger partial charge in [-0.05, 0) is 76.7 Å². The lowest BCUT2D eigenvalue weighted by Crippen LogP contribution is -2.03. The summed E-state index contributed by atoms with van der Waals surface area (Å²) in [5.74, 6) is 1.44. The van der Waals surface area contributed by atoms with Crippen molar-refractivity contribution in [3.05, 3.63) is 87.5 Å². The molecule has 25 heavy (non-hydrogen) atoms. The second-order valence-corrected chi connectivity index (χ2v) is 6.94. The summed E-state index contributed by atoms with van der Waals surface area (Å²) < 4.78 is 6.97. The first-order valence-electron chi connectivity index (χ1n) is 7.85. The first-order valence-corrected chi connectivity index (χ1v) is 8.93. The van der Waals surface area contributed by atoms with Crippen molar-refractivity contribution >= 4 is 45.8 Å². The summed E-state index contributed by atoms with van der Waals surface area (Å²) in [6.45, 7) is 0. The first-order chi connectivity index (χ1) is 12.2. The van der Waals surface area contributed by atoms with Crippen molar-refractivity contribution < 1.29 is 9.53 Å². The average molecular weight is 439 g/mol. The van der Waals surface area contributed by atoms with Crippen LogP contribution in [0.3, 0.4) is 0 Å². The lowest BCUT2D eigenvalue weighted by atomic mass is 10.0. The Hall–Kier alpha value is -2.60. The highest BCUT2D eigenvalue weighted by Crippen LogP contribution is 2.34. The Kier molecular flexibility index (Phi) is 4.28. The summed E-state index contributed by atoms with van der Waals surface area (Å²) >= 11 is 2.25. The zero-order chi connectivity index (χ0) is 17.2.